The van der Waals surface area contributed by atoms with Crippen molar-refractivity contribution in [3.63, 3.8) is 0 Å². The summed E-state index contributed by atoms with van der Waals surface area (Å²) in [7, 11) is 0. The van der Waals surface area contributed by atoms with Gasteiger partial charge in [0.05, 0.1) is 12.2 Å². The van der Waals surface area contributed by atoms with Gasteiger partial charge in [0.15, 0.2) is 5.13 Å². The second-order valence-electron chi connectivity index (χ2n) is 6.34. The Kier molecular flexibility index (Phi) is 4.01. The van der Waals surface area contributed by atoms with Gasteiger partial charge >= 0.3 is 0 Å². The third kappa shape index (κ3) is 3.03. The van der Waals surface area contributed by atoms with Crippen molar-refractivity contribution in [2.45, 2.75) is 25.8 Å². The lowest BCUT2D eigenvalue weighted by Crippen LogP contribution is -2.21. The zero-order valence-electron chi connectivity index (χ0n) is 14.0. The monoisotopic (exact) mass is 349 g/mol. The summed E-state index contributed by atoms with van der Waals surface area (Å²) in [6, 6.07) is 16.8. The predicted molar refractivity (Wildman–Crippen MR) is 101 cm³/mol. The van der Waals surface area contributed by atoms with Gasteiger partial charge in [-0.3, -0.25) is 4.79 Å². The van der Waals surface area contributed by atoms with Crippen molar-refractivity contribution in [3.8, 4) is 11.1 Å². The molecule has 5 heteroatoms. The number of anilines is 1. The van der Waals surface area contributed by atoms with E-state index in [1.807, 2.05) is 6.07 Å². The molecule has 4 rings (SSSR count). The number of carbonyl (C=O) groups excluding carboxylic acids is 1. The van der Waals surface area contributed by atoms with Crippen LogP contribution in [0.4, 0.5) is 5.13 Å². The van der Waals surface area contributed by atoms with Gasteiger partial charge in [-0.1, -0.05) is 48.5 Å². The van der Waals surface area contributed by atoms with Crippen LogP contribution < -0.4 is 11.1 Å². The summed E-state index contributed by atoms with van der Waals surface area (Å²) in [5.74, 6) is 0.0475. The molecular formula is C20H19N3OS. The van der Waals surface area contributed by atoms with Crippen LogP contribution in [0.3, 0.4) is 0 Å². The van der Waals surface area contributed by atoms with E-state index < -0.39 is 0 Å². The van der Waals surface area contributed by atoms with Gasteiger partial charge in [-0.2, -0.15) is 0 Å². The number of aromatic nitrogens is 1. The zero-order valence-corrected chi connectivity index (χ0v) is 14.8. The quantitative estimate of drug-likeness (QED) is 0.738. The number of nitrogens with two attached hydrogens (primary N) is 1. The molecule has 0 spiro atoms. The van der Waals surface area contributed by atoms with Gasteiger partial charge in [-0.25, -0.2) is 4.98 Å². The largest absolute Gasteiger partial charge is 0.375 e. The normalized spacial score (nSPS) is 16.8. The van der Waals surface area contributed by atoms with Crippen LogP contribution in [-0.4, -0.2) is 10.9 Å². The smallest absolute Gasteiger partial charge is 0.221 e. The van der Waals surface area contributed by atoms with Crippen molar-refractivity contribution >= 4 is 22.4 Å². The number of aryl methyl sites for hydroxylation is 1. The van der Waals surface area contributed by atoms with Gasteiger partial charge < -0.3 is 11.1 Å². The SMILES string of the molecule is Cc1ccccc1-c1cccc([C@@H]2CC(=O)NCc3nc(N)sc32)c1. The minimum atomic E-state index is -0.00346. The molecule has 2 heterocycles. The number of carbonyl (C=O) groups is 1. The molecule has 1 atom stereocenters. The van der Waals surface area contributed by atoms with Crippen molar-refractivity contribution in [2.75, 3.05) is 5.73 Å². The van der Waals surface area contributed by atoms with Crippen LogP contribution in [-0.2, 0) is 11.3 Å². The van der Waals surface area contributed by atoms with Crippen molar-refractivity contribution < 1.29 is 4.79 Å². The van der Waals surface area contributed by atoms with E-state index >= 15 is 0 Å². The minimum absolute atomic E-state index is 0.00346. The van der Waals surface area contributed by atoms with Crippen molar-refractivity contribution in [1.29, 1.82) is 0 Å². The number of benzene rings is 2. The van der Waals surface area contributed by atoms with Gasteiger partial charge in [-0.05, 0) is 29.2 Å². The fraction of sp³-hybridized carbons (Fsp3) is 0.200. The molecule has 0 radical (unpaired) electrons. The second-order valence-corrected chi connectivity index (χ2v) is 7.40. The maximum atomic E-state index is 12.2. The number of hydrogen-bond donors (Lipinski definition) is 2. The van der Waals surface area contributed by atoms with E-state index in [9.17, 15) is 4.79 Å². The Bertz CT molecular complexity index is 948. The first kappa shape index (κ1) is 15.8. The maximum Gasteiger partial charge on any atom is 0.221 e. The second kappa shape index (κ2) is 6.33. The zero-order chi connectivity index (χ0) is 17.4. The maximum absolute atomic E-state index is 12.2. The molecule has 0 fully saturated rings. The van der Waals surface area contributed by atoms with Gasteiger partial charge in [0.1, 0.15) is 0 Å². The lowest BCUT2D eigenvalue weighted by Gasteiger charge is -2.15. The number of nitrogens with one attached hydrogen (secondary N) is 1. The summed E-state index contributed by atoms with van der Waals surface area (Å²) < 4.78 is 0. The third-order valence-corrected chi connectivity index (χ3v) is 5.69. The number of thiazole rings is 1. The van der Waals surface area contributed by atoms with Crippen molar-refractivity contribution in [1.82, 2.24) is 10.3 Å². The molecular weight excluding hydrogens is 330 g/mol. The lowest BCUT2D eigenvalue weighted by molar-refractivity contribution is -0.121. The first-order valence-electron chi connectivity index (χ1n) is 8.29. The van der Waals surface area contributed by atoms with E-state index in [4.69, 9.17) is 5.73 Å². The Morgan fingerprint density at radius 1 is 1.20 bits per heavy atom. The van der Waals surface area contributed by atoms with Gasteiger partial charge in [0.2, 0.25) is 5.91 Å². The first-order chi connectivity index (χ1) is 12.1. The van der Waals surface area contributed by atoms with Crippen LogP contribution in [0.2, 0.25) is 0 Å². The summed E-state index contributed by atoms with van der Waals surface area (Å²) in [6.45, 7) is 2.57. The van der Waals surface area contributed by atoms with Gasteiger partial charge in [0, 0.05) is 17.2 Å². The topological polar surface area (TPSA) is 68.0 Å². The highest BCUT2D eigenvalue weighted by Crippen LogP contribution is 2.38. The number of nitrogen functional groups attached to an aromatic ring is 1. The van der Waals surface area contributed by atoms with Crippen LogP contribution in [0.1, 0.15) is 34.0 Å². The Labute approximate surface area is 150 Å². The van der Waals surface area contributed by atoms with E-state index in [1.54, 1.807) is 0 Å². The minimum Gasteiger partial charge on any atom is -0.375 e. The van der Waals surface area contributed by atoms with Crippen LogP contribution in [0.25, 0.3) is 11.1 Å². The number of amides is 1. The predicted octanol–water partition coefficient (Wildman–Crippen LogP) is 3.85. The van der Waals surface area contributed by atoms with Gasteiger partial charge in [-0.15, -0.1) is 11.3 Å². The summed E-state index contributed by atoms with van der Waals surface area (Å²) in [5.41, 5.74) is 11.6. The summed E-state index contributed by atoms with van der Waals surface area (Å²) in [4.78, 5) is 17.7. The lowest BCUT2D eigenvalue weighted by atomic mass is 9.90. The average Bonchev–Trinajstić information content (AvgIpc) is 2.91. The first-order valence-corrected chi connectivity index (χ1v) is 9.11. The summed E-state index contributed by atoms with van der Waals surface area (Å²) >= 11 is 1.49. The fourth-order valence-corrected chi connectivity index (χ4v) is 4.38. The third-order valence-electron chi connectivity index (χ3n) is 4.65. The van der Waals surface area contributed by atoms with E-state index in [0.29, 0.717) is 18.1 Å². The summed E-state index contributed by atoms with van der Waals surface area (Å²) in [6.07, 6.45) is 0.422. The van der Waals surface area contributed by atoms with Crippen LogP contribution in [0, 0.1) is 6.92 Å². The highest BCUT2D eigenvalue weighted by Gasteiger charge is 2.27. The fourth-order valence-electron chi connectivity index (χ4n) is 3.40. The number of fused-ring (bicyclic) bond motifs is 1. The van der Waals surface area contributed by atoms with Gasteiger partial charge in [0.25, 0.3) is 0 Å². The number of rotatable bonds is 2. The standard InChI is InChI=1S/C20H19N3OS/c1-12-5-2-3-8-15(12)13-6-4-7-14(9-13)16-10-18(24)22-11-17-19(16)25-20(21)23-17/h2-9,16H,10-11H2,1H3,(H2,21,23)(H,22,24)/t16-/m0/s1. The van der Waals surface area contributed by atoms with E-state index in [-0.39, 0.29) is 11.8 Å². The Morgan fingerprint density at radius 2 is 2.04 bits per heavy atom. The number of nitrogens with zero attached hydrogens (tertiary/aromatic N) is 1. The molecule has 25 heavy (non-hydrogen) atoms. The van der Waals surface area contributed by atoms with E-state index in [1.165, 1.54) is 28.0 Å². The molecule has 3 aromatic rings. The molecule has 2 aromatic carbocycles. The van der Waals surface area contributed by atoms with Crippen molar-refractivity contribution in [3.05, 3.63) is 70.2 Å². The molecule has 0 aliphatic carbocycles. The number of hydrogen-bond acceptors (Lipinski definition) is 4. The molecule has 1 aromatic heterocycles. The highest BCUT2D eigenvalue weighted by molar-refractivity contribution is 7.15. The molecule has 1 aliphatic rings. The molecule has 1 aliphatic heterocycles. The summed E-state index contributed by atoms with van der Waals surface area (Å²) in [5, 5.41) is 3.48. The van der Waals surface area contributed by atoms with E-state index in [0.717, 1.165) is 16.1 Å². The van der Waals surface area contributed by atoms with Crippen LogP contribution in [0.15, 0.2) is 48.5 Å². The average molecular weight is 349 g/mol. The molecule has 3 N–H and O–H groups in total. The highest BCUT2D eigenvalue weighted by atomic mass is 32.1. The molecule has 126 valence electrons. The molecule has 0 unspecified atom stereocenters. The Morgan fingerprint density at radius 3 is 2.88 bits per heavy atom. The van der Waals surface area contributed by atoms with E-state index in [2.05, 4.69) is 59.7 Å². The van der Waals surface area contributed by atoms with Crippen molar-refractivity contribution in [2.24, 2.45) is 0 Å². The van der Waals surface area contributed by atoms with Crippen LogP contribution >= 0.6 is 11.3 Å². The Hall–Kier alpha value is -2.66. The molecule has 0 saturated carbocycles. The van der Waals surface area contributed by atoms with Crippen LogP contribution in [0.5, 0.6) is 0 Å². The molecule has 0 saturated heterocycles. The Balaban J connectivity index is 1.80. The molecule has 4 nitrogen and oxygen atoms in total. The molecule has 0 bridgehead atoms. The molecule has 1 amide bonds.